The van der Waals surface area contributed by atoms with Crippen molar-refractivity contribution in [1.82, 2.24) is 0 Å². The highest BCUT2D eigenvalue weighted by Gasteiger charge is 1.96. The Hall–Kier alpha value is -1.18. The van der Waals surface area contributed by atoms with Crippen molar-refractivity contribution in [3.8, 4) is 5.75 Å². The molecule has 2 nitrogen and oxygen atoms in total. The predicted octanol–water partition coefficient (Wildman–Crippen LogP) is 2.76. The van der Waals surface area contributed by atoms with E-state index in [2.05, 4.69) is 19.2 Å². The summed E-state index contributed by atoms with van der Waals surface area (Å²) in [4.78, 5) is 0. The van der Waals surface area contributed by atoms with Gasteiger partial charge in [-0.05, 0) is 18.1 Å². The normalized spacial score (nSPS) is 10.2. The molecule has 0 saturated heterocycles. The van der Waals surface area contributed by atoms with E-state index in [0.29, 0.717) is 5.92 Å². The van der Waals surface area contributed by atoms with E-state index >= 15 is 0 Å². The first-order valence-electron chi connectivity index (χ1n) is 4.60. The van der Waals surface area contributed by atoms with Crippen LogP contribution in [0.1, 0.15) is 13.8 Å². The quantitative estimate of drug-likeness (QED) is 0.767. The first-order chi connectivity index (χ1) is 6.22. The van der Waals surface area contributed by atoms with Gasteiger partial charge < -0.3 is 10.1 Å². The lowest BCUT2D eigenvalue weighted by Gasteiger charge is -2.09. The smallest absolute Gasteiger partial charge is 0.120 e. The Balaban J connectivity index is 2.56. The SMILES string of the molecule is COc1cccc(NCC(C)C)c1. The van der Waals surface area contributed by atoms with Crippen LogP contribution < -0.4 is 10.1 Å². The minimum absolute atomic E-state index is 0.659. The lowest BCUT2D eigenvalue weighted by molar-refractivity contribution is 0.415. The van der Waals surface area contributed by atoms with E-state index in [1.807, 2.05) is 24.3 Å². The summed E-state index contributed by atoms with van der Waals surface area (Å²) in [5.74, 6) is 1.56. The molecule has 2 heteroatoms. The summed E-state index contributed by atoms with van der Waals surface area (Å²) in [6, 6.07) is 7.98. The number of hydrogen-bond donors (Lipinski definition) is 1. The fraction of sp³-hybridized carbons (Fsp3) is 0.455. The van der Waals surface area contributed by atoms with Gasteiger partial charge in [0.05, 0.1) is 7.11 Å². The molecular weight excluding hydrogens is 162 g/mol. The van der Waals surface area contributed by atoms with Crippen molar-refractivity contribution in [2.24, 2.45) is 5.92 Å². The molecule has 0 aliphatic rings. The molecule has 1 rings (SSSR count). The van der Waals surface area contributed by atoms with Gasteiger partial charge >= 0.3 is 0 Å². The van der Waals surface area contributed by atoms with Crippen LogP contribution in [0.5, 0.6) is 5.75 Å². The van der Waals surface area contributed by atoms with Gasteiger partial charge in [0.15, 0.2) is 0 Å². The molecular formula is C11H17NO. The van der Waals surface area contributed by atoms with Gasteiger partial charge in [-0.25, -0.2) is 0 Å². The largest absolute Gasteiger partial charge is 0.497 e. The van der Waals surface area contributed by atoms with Gasteiger partial charge in [0.2, 0.25) is 0 Å². The van der Waals surface area contributed by atoms with E-state index in [-0.39, 0.29) is 0 Å². The van der Waals surface area contributed by atoms with E-state index in [1.54, 1.807) is 7.11 Å². The number of hydrogen-bond acceptors (Lipinski definition) is 2. The zero-order valence-corrected chi connectivity index (χ0v) is 8.50. The lowest BCUT2D eigenvalue weighted by Crippen LogP contribution is -2.07. The Morgan fingerprint density at radius 2 is 2.15 bits per heavy atom. The molecule has 13 heavy (non-hydrogen) atoms. The minimum Gasteiger partial charge on any atom is -0.497 e. The van der Waals surface area contributed by atoms with Crippen LogP contribution in [-0.4, -0.2) is 13.7 Å². The van der Waals surface area contributed by atoms with Crippen molar-refractivity contribution in [2.75, 3.05) is 19.0 Å². The van der Waals surface area contributed by atoms with Crippen molar-refractivity contribution in [3.63, 3.8) is 0 Å². The summed E-state index contributed by atoms with van der Waals surface area (Å²) >= 11 is 0. The molecule has 0 aromatic heterocycles. The number of benzene rings is 1. The number of nitrogens with one attached hydrogen (secondary N) is 1. The third-order valence-electron chi connectivity index (χ3n) is 1.78. The second-order valence-electron chi connectivity index (χ2n) is 3.51. The van der Waals surface area contributed by atoms with Crippen molar-refractivity contribution in [2.45, 2.75) is 13.8 Å². The third-order valence-corrected chi connectivity index (χ3v) is 1.78. The Labute approximate surface area is 79.9 Å². The standard InChI is InChI=1S/C11H17NO/c1-9(2)8-12-10-5-4-6-11(7-10)13-3/h4-7,9,12H,8H2,1-3H3. The Morgan fingerprint density at radius 3 is 2.77 bits per heavy atom. The molecule has 72 valence electrons. The summed E-state index contributed by atoms with van der Waals surface area (Å²) in [6.45, 7) is 5.37. The maximum Gasteiger partial charge on any atom is 0.120 e. The Morgan fingerprint density at radius 1 is 1.38 bits per heavy atom. The van der Waals surface area contributed by atoms with Gasteiger partial charge in [-0.3, -0.25) is 0 Å². The molecule has 0 spiro atoms. The third kappa shape index (κ3) is 3.36. The number of anilines is 1. The number of ether oxygens (including phenoxy) is 1. The molecule has 0 fully saturated rings. The highest BCUT2D eigenvalue weighted by Crippen LogP contribution is 2.16. The lowest BCUT2D eigenvalue weighted by atomic mass is 10.2. The highest BCUT2D eigenvalue weighted by molar-refractivity contribution is 5.48. The minimum atomic E-state index is 0.659. The molecule has 0 aliphatic heterocycles. The molecule has 0 unspecified atom stereocenters. The maximum absolute atomic E-state index is 5.12. The fourth-order valence-electron chi connectivity index (χ4n) is 1.06. The van der Waals surface area contributed by atoms with Gasteiger partial charge in [-0.15, -0.1) is 0 Å². The van der Waals surface area contributed by atoms with Crippen molar-refractivity contribution in [3.05, 3.63) is 24.3 Å². The van der Waals surface area contributed by atoms with Crippen LogP contribution >= 0.6 is 0 Å². The number of methoxy groups -OCH3 is 1. The van der Waals surface area contributed by atoms with E-state index in [1.165, 1.54) is 0 Å². The second-order valence-corrected chi connectivity index (χ2v) is 3.51. The van der Waals surface area contributed by atoms with Gasteiger partial charge in [0, 0.05) is 18.3 Å². The molecule has 0 saturated carbocycles. The monoisotopic (exact) mass is 179 g/mol. The molecule has 1 N–H and O–H groups in total. The topological polar surface area (TPSA) is 21.3 Å². The molecule has 0 amide bonds. The Kier molecular flexibility index (Phi) is 3.62. The molecule has 0 atom stereocenters. The molecule has 0 aliphatic carbocycles. The maximum atomic E-state index is 5.12. The molecule has 0 radical (unpaired) electrons. The van der Waals surface area contributed by atoms with E-state index < -0.39 is 0 Å². The van der Waals surface area contributed by atoms with Gasteiger partial charge in [0.1, 0.15) is 5.75 Å². The molecule has 0 bridgehead atoms. The zero-order chi connectivity index (χ0) is 9.68. The first kappa shape index (κ1) is 9.90. The van der Waals surface area contributed by atoms with Crippen LogP contribution in [0, 0.1) is 5.92 Å². The number of rotatable bonds is 4. The van der Waals surface area contributed by atoms with Crippen molar-refractivity contribution < 1.29 is 4.74 Å². The average Bonchev–Trinajstić information content (AvgIpc) is 2.15. The highest BCUT2D eigenvalue weighted by atomic mass is 16.5. The van der Waals surface area contributed by atoms with Crippen LogP contribution in [0.15, 0.2) is 24.3 Å². The van der Waals surface area contributed by atoms with Crippen LogP contribution in [0.4, 0.5) is 5.69 Å². The van der Waals surface area contributed by atoms with Gasteiger partial charge in [-0.1, -0.05) is 19.9 Å². The average molecular weight is 179 g/mol. The fourth-order valence-corrected chi connectivity index (χ4v) is 1.06. The predicted molar refractivity (Wildman–Crippen MR) is 56.3 cm³/mol. The van der Waals surface area contributed by atoms with Gasteiger partial charge in [-0.2, -0.15) is 0 Å². The molecule has 1 aromatic carbocycles. The van der Waals surface area contributed by atoms with E-state index in [9.17, 15) is 0 Å². The summed E-state index contributed by atoms with van der Waals surface area (Å²) in [5.41, 5.74) is 1.12. The summed E-state index contributed by atoms with van der Waals surface area (Å²) in [5, 5.41) is 3.34. The summed E-state index contributed by atoms with van der Waals surface area (Å²) < 4.78 is 5.12. The Bertz CT molecular complexity index is 258. The molecule has 1 aromatic rings. The second kappa shape index (κ2) is 4.75. The van der Waals surface area contributed by atoms with E-state index in [0.717, 1.165) is 18.0 Å². The van der Waals surface area contributed by atoms with Crippen molar-refractivity contribution >= 4 is 5.69 Å². The van der Waals surface area contributed by atoms with Crippen LogP contribution in [0.2, 0.25) is 0 Å². The van der Waals surface area contributed by atoms with Crippen LogP contribution in [0.25, 0.3) is 0 Å². The van der Waals surface area contributed by atoms with Crippen molar-refractivity contribution in [1.29, 1.82) is 0 Å². The first-order valence-corrected chi connectivity index (χ1v) is 4.60. The summed E-state index contributed by atoms with van der Waals surface area (Å²) in [6.07, 6.45) is 0. The zero-order valence-electron chi connectivity index (χ0n) is 8.50. The molecule has 0 heterocycles. The van der Waals surface area contributed by atoms with Crippen LogP contribution in [0.3, 0.4) is 0 Å². The summed E-state index contributed by atoms with van der Waals surface area (Å²) in [7, 11) is 1.68. The van der Waals surface area contributed by atoms with E-state index in [4.69, 9.17) is 4.74 Å². The van der Waals surface area contributed by atoms with Gasteiger partial charge in [0.25, 0.3) is 0 Å². The van der Waals surface area contributed by atoms with Crippen LogP contribution in [-0.2, 0) is 0 Å².